The Hall–Kier alpha value is -3.36. The number of fused-ring (bicyclic) bond motifs is 1. The third kappa shape index (κ3) is 3.32. The minimum absolute atomic E-state index is 0.463. The van der Waals surface area contributed by atoms with Gasteiger partial charge in [-0.2, -0.15) is 0 Å². The van der Waals surface area contributed by atoms with Crippen molar-refractivity contribution in [1.82, 2.24) is 0 Å². The molecule has 0 heterocycles. The van der Waals surface area contributed by atoms with Crippen LogP contribution in [0.15, 0.2) is 115 Å². The lowest BCUT2D eigenvalue weighted by Crippen LogP contribution is -2.30. The number of nitrogen functional groups attached to an aromatic ring is 1. The van der Waals surface area contributed by atoms with Crippen LogP contribution in [0.5, 0.6) is 0 Å². The monoisotopic (exact) mass is 380 g/mol. The molecule has 4 N–H and O–H groups in total. The van der Waals surface area contributed by atoms with Crippen molar-refractivity contribution in [3.05, 3.63) is 132 Å². The number of allylic oxidation sites excluding steroid dienone is 9. The maximum Gasteiger partial charge on any atom is 0.0713 e. The minimum atomic E-state index is -0.514. The zero-order valence-corrected chi connectivity index (χ0v) is 16.9. The average molecular weight is 381 g/mol. The van der Waals surface area contributed by atoms with Crippen LogP contribution in [0.2, 0.25) is 0 Å². The maximum absolute atomic E-state index is 6.02. The van der Waals surface area contributed by atoms with E-state index in [4.69, 9.17) is 11.5 Å². The van der Waals surface area contributed by atoms with E-state index in [9.17, 15) is 0 Å². The van der Waals surface area contributed by atoms with Gasteiger partial charge >= 0.3 is 0 Å². The Morgan fingerprint density at radius 3 is 2.41 bits per heavy atom. The molecule has 3 rings (SSSR count). The molecule has 0 spiro atoms. The summed E-state index contributed by atoms with van der Waals surface area (Å²) in [4.78, 5) is 0. The molecule has 2 aromatic carbocycles. The van der Waals surface area contributed by atoms with Gasteiger partial charge in [-0.25, -0.2) is 0 Å². The van der Waals surface area contributed by atoms with Crippen LogP contribution >= 0.6 is 0 Å². The zero-order valence-electron chi connectivity index (χ0n) is 16.9. The summed E-state index contributed by atoms with van der Waals surface area (Å²) < 4.78 is 0. The Kier molecular flexibility index (Phi) is 6.16. The molecule has 2 aromatic rings. The fourth-order valence-corrected chi connectivity index (χ4v) is 4.29. The summed E-state index contributed by atoms with van der Waals surface area (Å²) in [5.41, 5.74) is 19.0. The van der Waals surface area contributed by atoms with Gasteiger partial charge in [0.25, 0.3) is 0 Å². The van der Waals surface area contributed by atoms with E-state index in [1.54, 1.807) is 0 Å². The largest absolute Gasteiger partial charge is 0.399 e. The van der Waals surface area contributed by atoms with Crippen LogP contribution in [0, 0.1) is 0 Å². The topological polar surface area (TPSA) is 52.0 Å². The molecule has 0 fully saturated rings. The summed E-state index contributed by atoms with van der Waals surface area (Å²) in [6.07, 6.45) is 14.2. The first-order chi connectivity index (χ1) is 14.1. The molecule has 1 aliphatic carbocycles. The van der Waals surface area contributed by atoms with Gasteiger partial charge < -0.3 is 11.5 Å². The Balaban J connectivity index is 2.53. The van der Waals surface area contributed by atoms with E-state index >= 15 is 0 Å². The Morgan fingerprint density at radius 1 is 1.07 bits per heavy atom. The normalized spacial score (nSPS) is 19.2. The van der Waals surface area contributed by atoms with Gasteiger partial charge in [0.15, 0.2) is 0 Å². The van der Waals surface area contributed by atoms with Gasteiger partial charge in [-0.1, -0.05) is 92.1 Å². The van der Waals surface area contributed by atoms with Crippen LogP contribution in [0.4, 0.5) is 5.69 Å². The first-order valence-electron chi connectivity index (χ1n) is 9.80. The van der Waals surface area contributed by atoms with E-state index in [2.05, 4.69) is 73.9 Å². The first kappa shape index (κ1) is 20.4. The molecule has 2 heteroatoms. The molecule has 29 heavy (non-hydrogen) atoms. The zero-order chi connectivity index (χ0) is 20.9. The molecule has 0 aliphatic heterocycles. The molecule has 2 nitrogen and oxygen atoms in total. The molecule has 1 unspecified atom stereocenters. The molecular formula is C27H28N2. The smallest absolute Gasteiger partial charge is 0.0713 e. The summed E-state index contributed by atoms with van der Waals surface area (Å²) in [5, 5.41) is 0. The van der Waals surface area contributed by atoms with Gasteiger partial charge in [0.1, 0.15) is 0 Å². The second-order valence-corrected chi connectivity index (χ2v) is 6.94. The highest BCUT2D eigenvalue weighted by atomic mass is 14.5. The van der Waals surface area contributed by atoms with Gasteiger partial charge in [-0.3, -0.25) is 0 Å². The average Bonchev–Trinajstić information content (AvgIpc) is 3.02. The van der Waals surface area contributed by atoms with E-state index in [1.807, 2.05) is 37.3 Å². The third-order valence-electron chi connectivity index (χ3n) is 5.36. The van der Waals surface area contributed by atoms with Crippen LogP contribution < -0.4 is 11.5 Å². The lowest BCUT2D eigenvalue weighted by Gasteiger charge is -2.36. The van der Waals surface area contributed by atoms with E-state index in [1.165, 1.54) is 16.7 Å². The number of anilines is 1. The number of nitrogens with two attached hydrogens (primary N) is 2. The van der Waals surface area contributed by atoms with Crippen molar-refractivity contribution in [2.24, 2.45) is 5.73 Å². The molecule has 1 atom stereocenters. The van der Waals surface area contributed by atoms with Gasteiger partial charge in [0, 0.05) is 12.2 Å². The van der Waals surface area contributed by atoms with E-state index in [0.29, 0.717) is 6.54 Å². The predicted molar refractivity (Wildman–Crippen MR) is 126 cm³/mol. The molecule has 0 saturated carbocycles. The fraction of sp³-hybridized carbons (Fsp3) is 0.111. The van der Waals surface area contributed by atoms with Crippen molar-refractivity contribution >= 4 is 11.3 Å². The van der Waals surface area contributed by atoms with Gasteiger partial charge in [-0.15, -0.1) is 0 Å². The van der Waals surface area contributed by atoms with E-state index in [-0.39, 0.29) is 0 Å². The molecule has 0 saturated heterocycles. The molecule has 0 amide bonds. The van der Waals surface area contributed by atoms with Crippen molar-refractivity contribution < 1.29 is 0 Å². The number of rotatable bonds is 7. The summed E-state index contributed by atoms with van der Waals surface area (Å²) in [5.74, 6) is 0. The fourth-order valence-electron chi connectivity index (χ4n) is 4.29. The molecular weight excluding hydrogens is 352 g/mol. The van der Waals surface area contributed by atoms with Crippen LogP contribution in [0.1, 0.15) is 23.6 Å². The summed E-state index contributed by atoms with van der Waals surface area (Å²) in [6, 6.07) is 16.6. The van der Waals surface area contributed by atoms with Crippen molar-refractivity contribution in [2.75, 3.05) is 12.3 Å². The second-order valence-electron chi connectivity index (χ2n) is 6.94. The van der Waals surface area contributed by atoms with E-state index in [0.717, 1.165) is 22.4 Å². The summed E-state index contributed by atoms with van der Waals surface area (Å²) in [6.45, 7) is 10.6. The standard InChI is InChI=1S/C27H28N2/c1-4-10-20(12-9-19-28)27(21-15-17-22(29)18-16-21)25(11-5-2)23(6-3)24-13-7-8-14-26(24)27/h4-18H,1,3,19,28-29H2,2H3/b11-5-,12-9-,20-10+. The van der Waals surface area contributed by atoms with Crippen LogP contribution in [-0.2, 0) is 5.41 Å². The summed E-state index contributed by atoms with van der Waals surface area (Å²) in [7, 11) is 0. The number of hydrogen-bond acceptors (Lipinski definition) is 2. The van der Waals surface area contributed by atoms with Crippen LogP contribution in [0.3, 0.4) is 0 Å². The molecule has 146 valence electrons. The highest BCUT2D eigenvalue weighted by Crippen LogP contribution is 2.55. The molecule has 0 bridgehead atoms. The lowest BCUT2D eigenvalue weighted by atomic mass is 9.66. The highest BCUT2D eigenvalue weighted by Gasteiger charge is 2.46. The second kappa shape index (κ2) is 8.76. The van der Waals surface area contributed by atoms with Crippen LogP contribution in [-0.4, -0.2) is 6.54 Å². The van der Waals surface area contributed by atoms with Crippen molar-refractivity contribution in [1.29, 1.82) is 0 Å². The first-order valence-corrected chi connectivity index (χ1v) is 9.80. The number of benzene rings is 2. The van der Waals surface area contributed by atoms with Gasteiger partial charge in [0.2, 0.25) is 0 Å². The predicted octanol–water partition coefficient (Wildman–Crippen LogP) is 5.71. The lowest BCUT2D eigenvalue weighted by molar-refractivity contribution is 0.759. The Bertz CT molecular complexity index is 1030. The van der Waals surface area contributed by atoms with Crippen molar-refractivity contribution in [3.8, 4) is 0 Å². The molecule has 0 radical (unpaired) electrons. The van der Waals surface area contributed by atoms with Gasteiger partial charge in [-0.05, 0) is 52.5 Å². The molecule has 0 aromatic heterocycles. The van der Waals surface area contributed by atoms with Crippen molar-refractivity contribution in [3.63, 3.8) is 0 Å². The Labute approximate surface area is 173 Å². The quantitative estimate of drug-likeness (QED) is 0.477. The SMILES string of the molecule is C=C/C=C(\C=C/CN)C1(c2ccc(N)cc2)C(/C=C\C)=C(C=C)c2ccccc21. The van der Waals surface area contributed by atoms with Gasteiger partial charge in [0.05, 0.1) is 5.41 Å². The van der Waals surface area contributed by atoms with Crippen LogP contribution in [0.25, 0.3) is 5.57 Å². The highest BCUT2D eigenvalue weighted by molar-refractivity contribution is 5.92. The third-order valence-corrected chi connectivity index (χ3v) is 5.36. The minimum Gasteiger partial charge on any atom is -0.399 e. The number of hydrogen-bond donors (Lipinski definition) is 2. The Morgan fingerprint density at radius 2 is 1.79 bits per heavy atom. The summed E-state index contributed by atoms with van der Waals surface area (Å²) >= 11 is 0. The van der Waals surface area contributed by atoms with E-state index < -0.39 is 5.41 Å². The molecule has 1 aliphatic rings. The maximum atomic E-state index is 6.02. The van der Waals surface area contributed by atoms with Crippen molar-refractivity contribution in [2.45, 2.75) is 12.3 Å².